The van der Waals surface area contributed by atoms with E-state index in [2.05, 4.69) is 5.32 Å². The minimum Gasteiger partial charge on any atom is -0.495 e. The smallest absolute Gasteiger partial charge is 0.339 e. The summed E-state index contributed by atoms with van der Waals surface area (Å²) in [6.07, 6.45) is -0.487. The first-order valence-corrected chi connectivity index (χ1v) is 12.4. The number of nitro groups is 1. The number of hydrogen-bond donors (Lipinski definition) is 1. The van der Waals surface area contributed by atoms with Crippen molar-refractivity contribution in [3.63, 3.8) is 0 Å². The summed E-state index contributed by atoms with van der Waals surface area (Å²) in [5, 5.41) is 15.6. The molecule has 1 aromatic heterocycles. The van der Waals surface area contributed by atoms with Crippen molar-refractivity contribution in [3.8, 4) is 5.75 Å². The summed E-state index contributed by atoms with van der Waals surface area (Å²) < 4.78 is 39.9. The highest BCUT2D eigenvalue weighted by Gasteiger charge is 2.26. The van der Waals surface area contributed by atoms with Crippen molar-refractivity contribution in [1.82, 2.24) is 0 Å². The van der Waals surface area contributed by atoms with Gasteiger partial charge in [-0.15, -0.1) is 0 Å². The maximum atomic E-state index is 12.8. The molecule has 1 amide bonds. The van der Waals surface area contributed by atoms with Crippen molar-refractivity contribution in [2.24, 2.45) is 0 Å². The molecule has 0 aliphatic heterocycles. The van der Waals surface area contributed by atoms with Crippen LogP contribution in [0.2, 0.25) is 0 Å². The van der Waals surface area contributed by atoms with Gasteiger partial charge in [-0.2, -0.15) is 0 Å². The Morgan fingerprint density at radius 3 is 2.44 bits per heavy atom. The van der Waals surface area contributed by atoms with E-state index in [4.69, 9.17) is 13.9 Å². The van der Waals surface area contributed by atoms with Gasteiger partial charge in [0.05, 0.1) is 23.3 Å². The predicted molar refractivity (Wildman–Crippen MR) is 130 cm³/mol. The number of nitrogens with zero attached hydrogens (tertiary/aromatic N) is 1. The van der Waals surface area contributed by atoms with Gasteiger partial charge in [0.1, 0.15) is 21.8 Å². The van der Waals surface area contributed by atoms with E-state index in [1.807, 2.05) is 24.3 Å². The van der Waals surface area contributed by atoms with Gasteiger partial charge in [0.2, 0.25) is 0 Å². The summed E-state index contributed by atoms with van der Waals surface area (Å²) in [6, 6.07) is 13.5. The van der Waals surface area contributed by atoms with Crippen LogP contribution in [0, 0.1) is 10.1 Å². The summed E-state index contributed by atoms with van der Waals surface area (Å²) in [5.74, 6) is -1.38. The Labute approximate surface area is 204 Å². The first kappa shape index (κ1) is 24.7. The fourth-order valence-corrected chi connectivity index (χ4v) is 4.46. The molecule has 0 saturated heterocycles. The van der Waals surface area contributed by atoms with E-state index < -0.39 is 43.3 Å². The molecular weight excluding hydrogens is 492 g/mol. The van der Waals surface area contributed by atoms with Crippen LogP contribution in [0.4, 0.5) is 11.4 Å². The van der Waals surface area contributed by atoms with Crippen molar-refractivity contribution in [2.45, 2.75) is 17.9 Å². The van der Waals surface area contributed by atoms with Crippen LogP contribution < -0.4 is 10.1 Å². The SMILES string of the molecule is COc1cc2c(cc1NC(=O)[C@@H](C)OC(=O)c1ccc(S(C)(=O)=O)c([N+](=O)[O-])c1)oc1ccccc12. The number of benzene rings is 3. The second-order valence-electron chi connectivity index (χ2n) is 7.90. The average molecular weight is 512 g/mol. The van der Waals surface area contributed by atoms with Crippen LogP contribution >= 0.6 is 0 Å². The molecule has 0 bridgehead atoms. The molecule has 0 aliphatic carbocycles. The number of esters is 1. The number of rotatable bonds is 7. The topological polar surface area (TPSA) is 155 Å². The summed E-state index contributed by atoms with van der Waals surface area (Å²) in [6.45, 7) is 1.32. The Balaban J connectivity index is 1.55. The van der Waals surface area contributed by atoms with Gasteiger partial charge in [-0.3, -0.25) is 14.9 Å². The molecule has 1 atom stereocenters. The van der Waals surface area contributed by atoms with E-state index in [0.29, 0.717) is 16.9 Å². The van der Waals surface area contributed by atoms with Crippen molar-refractivity contribution in [1.29, 1.82) is 0 Å². The minimum absolute atomic E-state index is 0.282. The Bertz CT molecular complexity index is 1640. The molecule has 12 heteroatoms. The predicted octanol–water partition coefficient (Wildman–Crippen LogP) is 4.09. The van der Waals surface area contributed by atoms with Crippen LogP contribution in [-0.2, 0) is 19.4 Å². The Morgan fingerprint density at radius 1 is 1.06 bits per heavy atom. The Morgan fingerprint density at radius 2 is 1.78 bits per heavy atom. The van der Waals surface area contributed by atoms with Gasteiger partial charge in [0, 0.05) is 29.2 Å². The molecule has 0 radical (unpaired) electrons. The number of methoxy groups -OCH3 is 1. The zero-order valence-electron chi connectivity index (χ0n) is 19.3. The summed E-state index contributed by atoms with van der Waals surface area (Å²) >= 11 is 0. The standard InChI is InChI=1S/C24H20N2O9S/c1-13(34-24(28)14-8-9-22(36(3,31)32)18(10-14)26(29)30)23(27)25-17-12-20-16(11-21(17)33-2)15-6-4-5-7-19(15)35-20/h4-13H,1-3H3,(H,25,27)/t13-/m1/s1. The molecule has 0 unspecified atom stereocenters. The van der Waals surface area contributed by atoms with Crippen LogP contribution in [0.3, 0.4) is 0 Å². The van der Waals surface area contributed by atoms with E-state index in [9.17, 15) is 28.1 Å². The Kier molecular flexibility index (Phi) is 6.37. The zero-order valence-corrected chi connectivity index (χ0v) is 20.1. The molecule has 36 heavy (non-hydrogen) atoms. The lowest BCUT2D eigenvalue weighted by Gasteiger charge is -2.15. The van der Waals surface area contributed by atoms with Crippen LogP contribution in [0.25, 0.3) is 21.9 Å². The van der Waals surface area contributed by atoms with Crippen molar-refractivity contribution in [3.05, 3.63) is 70.3 Å². The van der Waals surface area contributed by atoms with Gasteiger partial charge in [-0.1, -0.05) is 18.2 Å². The minimum atomic E-state index is -3.90. The number of hydrogen-bond acceptors (Lipinski definition) is 9. The lowest BCUT2D eigenvalue weighted by Crippen LogP contribution is -2.30. The number of sulfone groups is 1. The van der Waals surface area contributed by atoms with Gasteiger partial charge in [-0.05, 0) is 31.2 Å². The number of furan rings is 1. The third-order valence-corrected chi connectivity index (χ3v) is 6.54. The second kappa shape index (κ2) is 9.30. The van der Waals surface area contributed by atoms with E-state index in [0.717, 1.165) is 35.2 Å². The third-order valence-electron chi connectivity index (χ3n) is 5.40. The summed E-state index contributed by atoms with van der Waals surface area (Å²) in [4.78, 5) is 35.1. The number of nitro benzene ring substituents is 1. The molecule has 11 nitrogen and oxygen atoms in total. The van der Waals surface area contributed by atoms with Gasteiger partial charge in [0.15, 0.2) is 15.9 Å². The van der Waals surface area contributed by atoms with Gasteiger partial charge >= 0.3 is 5.97 Å². The number of fused-ring (bicyclic) bond motifs is 3. The quantitative estimate of drug-likeness (QED) is 0.219. The molecule has 0 fully saturated rings. The fourth-order valence-electron chi connectivity index (χ4n) is 3.64. The highest BCUT2D eigenvalue weighted by Crippen LogP contribution is 2.36. The average Bonchev–Trinajstić information content (AvgIpc) is 3.19. The van der Waals surface area contributed by atoms with Gasteiger partial charge < -0.3 is 19.2 Å². The van der Waals surface area contributed by atoms with E-state index in [-0.39, 0.29) is 11.3 Å². The van der Waals surface area contributed by atoms with Crippen molar-refractivity contribution >= 4 is 55.0 Å². The van der Waals surface area contributed by atoms with Gasteiger partial charge in [0.25, 0.3) is 11.6 Å². The molecule has 3 aromatic carbocycles. The molecular formula is C24H20N2O9S. The number of carbonyl (C=O) groups excluding carboxylic acids is 2. The molecule has 0 saturated carbocycles. The van der Waals surface area contributed by atoms with Crippen molar-refractivity contribution in [2.75, 3.05) is 18.7 Å². The lowest BCUT2D eigenvalue weighted by molar-refractivity contribution is -0.387. The lowest BCUT2D eigenvalue weighted by atomic mass is 10.1. The highest BCUT2D eigenvalue weighted by atomic mass is 32.2. The number of nitrogens with one attached hydrogen (secondary N) is 1. The number of anilines is 1. The molecule has 4 aromatic rings. The number of carbonyl (C=O) groups is 2. The van der Waals surface area contributed by atoms with E-state index >= 15 is 0 Å². The maximum absolute atomic E-state index is 12.8. The van der Waals surface area contributed by atoms with Crippen LogP contribution in [-0.4, -0.2) is 44.7 Å². The van der Waals surface area contributed by atoms with Crippen molar-refractivity contribution < 1.29 is 36.8 Å². The number of ether oxygens (including phenoxy) is 2. The largest absolute Gasteiger partial charge is 0.495 e. The third kappa shape index (κ3) is 4.70. The van der Waals surface area contributed by atoms with Crippen LogP contribution in [0.1, 0.15) is 17.3 Å². The summed E-state index contributed by atoms with van der Waals surface area (Å²) in [7, 11) is -2.46. The molecule has 1 N–H and O–H groups in total. The monoisotopic (exact) mass is 512 g/mol. The molecule has 0 spiro atoms. The first-order chi connectivity index (χ1) is 17.0. The normalized spacial score (nSPS) is 12.3. The fraction of sp³-hybridized carbons (Fsp3) is 0.167. The second-order valence-corrected chi connectivity index (χ2v) is 9.88. The Hall–Kier alpha value is -4.45. The number of amides is 1. The molecule has 4 rings (SSSR count). The van der Waals surface area contributed by atoms with E-state index in [1.54, 1.807) is 12.1 Å². The molecule has 0 aliphatic rings. The zero-order chi connectivity index (χ0) is 26.2. The molecule has 186 valence electrons. The number of para-hydroxylation sites is 1. The summed E-state index contributed by atoms with van der Waals surface area (Å²) in [5.41, 5.74) is 0.402. The van der Waals surface area contributed by atoms with Gasteiger partial charge in [-0.25, -0.2) is 13.2 Å². The maximum Gasteiger partial charge on any atom is 0.339 e. The highest BCUT2D eigenvalue weighted by molar-refractivity contribution is 7.90. The molecule has 1 heterocycles. The van der Waals surface area contributed by atoms with Crippen LogP contribution in [0.5, 0.6) is 5.75 Å². The van der Waals surface area contributed by atoms with Crippen LogP contribution in [0.15, 0.2) is 63.9 Å². The first-order valence-electron chi connectivity index (χ1n) is 10.5. The van der Waals surface area contributed by atoms with E-state index in [1.165, 1.54) is 14.0 Å².